The number of anilines is 1. The first-order valence-electron chi connectivity index (χ1n) is 5.03. The number of nitrogen functional groups attached to an aromatic ring is 1. The Morgan fingerprint density at radius 3 is 2.87 bits per heavy atom. The molecule has 0 aliphatic carbocycles. The summed E-state index contributed by atoms with van der Waals surface area (Å²) in [5.41, 5.74) is 8.36. The molecule has 0 unspecified atom stereocenters. The molecule has 0 fully saturated rings. The van der Waals surface area contributed by atoms with Gasteiger partial charge in [-0.1, -0.05) is 6.92 Å². The molecule has 2 rings (SSSR count). The van der Waals surface area contributed by atoms with Crippen molar-refractivity contribution in [1.29, 1.82) is 0 Å². The van der Waals surface area contributed by atoms with Crippen molar-refractivity contribution in [3.63, 3.8) is 0 Å². The first-order valence-corrected chi connectivity index (χ1v) is 5.03. The second-order valence-electron chi connectivity index (χ2n) is 3.54. The Bertz CT molecular complexity index is 454. The number of nitrogens with zero attached hydrogens (tertiary/aromatic N) is 4. The van der Waals surface area contributed by atoms with Gasteiger partial charge in [-0.3, -0.25) is 9.36 Å². The Morgan fingerprint density at radius 2 is 2.27 bits per heavy atom. The first kappa shape index (κ1) is 9.76. The molecule has 0 aromatic carbocycles. The predicted molar refractivity (Wildman–Crippen MR) is 59.1 cm³/mol. The lowest BCUT2D eigenvalue weighted by molar-refractivity contribution is 0.603. The molecular weight excluding hydrogens is 190 g/mol. The van der Waals surface area contributed by atoms with E-state index in [0.29, 0.717) is 5.69 Å². The van der Waals surface area contributed by atoms with Gasteiger partial charge in [0.25, 0.3) is 0 Å². The van der Waals surface area contributed by atoms with Crippen molar-refractivity contribution in [3.05, 3.63) is 18.5 Å². The van der Waals surface area contributed by atoms with Crippen molar-refractivity contribution in [2.75, 3.05) is 5.73 Å². The van der Waals surface area contributed by atoms with E-state index in [9.17, 15) is 0 Å². The molecular formula is C10H15N5. The fourth-order valence-electron chi connectivity index (χ4n) is 1.59. The van der Waals surface area contributed by atoms with Crippen molar-refractivity contribution >= 4 is 5.69 Å². The maximum absolute atomic E-state index is 5.91. The quantitative estimate of drug-likeness (QED) is 0.821. The van der Waals surface area contributed by atoms with Crippen molar-refractivity contribution in [2.45, 2.75) is 19.9 Å². The minimum atomic E-state index is 0.701. The van der Waals surface area contributed by atoms with Gasteiger partial charge in [-0.05, 0) is 12.5 Å². The normalized spacial score (nSPS) is 10.8. The van der Waals surface area contributed by atoms with Gasteiger partial charge >= 0.3 is 0 Å². The maximum atomic E-state index is 5.91. The summed E-state index contributed by atoms with van der Waals surface area (Å²) < 4.78 is 3.65. The van der Waals surface area contributed by atoms with Crippen LogP contribution in [0.25, 0.3) is 11.4 Å². The lowest BCUT2D eigenvalue weighted by Crippen LogP contribution is -1.99. The van der Waals surface area contributed by atoms with E-state index in [-0.39, 0.29) is 0 Å². The summed E-state index contributed by atoms with van der Waals surface area (Å²) >= 11 is 0. The molecule has 80 valence electrons. The zero-order valence-electron chi connectivity index (χ0n) is 9.01. The number of aryl methyl sites for hydroxylation is 2. The fraction of sp³-hybridized carbons (Fsp3) is 0.400. The molecule has 0 bridgehead atoms. The van der Waals surface area contributed by atoms with Gasteiger partial charge in [0, 0.05) is 26.0 Å². The minimum Gasteiger partial charge on any atom is -0.396 e. The van der Waals surface area contributed by atoms with Gasteiger partial charge in [-0.15, -0.1) is 0 Å². The Kier molecular flexibility index (Phi) is 2.45. The molecule has 0 aliphatic rings. The summed E-state index contributed by atoms with van der Waals surface area (Å²) in [5, 5.41) is 8.53. The summed E-state index contributed by atoms with van der Waals surface area (Å²) in [7, 11) is 1.88. The van der Waals surface area contributed by atoms with Crippen LogP contribution in [0.5, 0.6) is 0 Å². The SMILES string of the molecule is CCCn1cc(N)c(-c2ccnn2C)n1. The fourth-order valence-corrected chi connectivity index (χ4v) is 1.59. The molecule has 2 aromatic rings. The van der Waals surface area contributed by atoms with E-state index in [1.165, 1.54) is 0 Å². The highest BCUT2D eigenvalue weighted by molar-refractivity contribution is 5.69. The molecule has 0 saturated carbocycles. The average Bonchev–Trinajstić information content (AvgIpc) is 2.73. The summed E-state index contributed by atoms with van der Waals surface area (Å²) in [5.74, 6) is 0. The topological polar surface area (TPSA) is 61.7 Å². The molecule has 5 heteroatoms. The predicted octanol–water partition coefficient (Wildman–Crippen LogP) is 1.28. The van der Waals surface area contributed by atoms with Crippen molar-refractivity contribution in [3.8, 4) is 11.4 Å². The number of nitrogens with two attached hydrogens (primary N) is 1. The van der Waals surface area contributed by atoms with E-state index < -0.39 is 0 Å². The number of aromatic nitrogens is 4. The van der Waals surface area contributed by atoms with Crippen LogP contribution in [0.1, 0.15) is 13.3 Å². The van der Waals surface area contributed by atoms with Gasteiger partial charge in [-0.25, -0.2) is 0 Å². The molecule has 0 radical (unpaired) electrons. The van der Waals surface area contributed by atoms with E-state index in [1.807, 2.05) is 24.0 Å². The number of hydrogen-bond acceptors (Lipinski definition) is 3. The van der Waals surface area contributed by atoms with E-state index in [4.69, 9.17) is 5.73 Å². The second kappa shape index (κ2) is 3.76. The molecule has 5 nitrogen and oxygen atoms in total. The summed E-state index contributed by atoms with van der Waals surface area (Å²) in [6.07, 6.45) is 4.66. The lowest BCUT2D eigenvalue weighted by atomic mass is 10.3. The molecule has 0 atom stereocenters. The lowest BCUT2D eigenvalue weighted by Gasteiger charge is -1.98. The largest absolute Gasteiger partial charge is 0.396 e. The smallest absolute Gasteiger partial charge is 0.133 e. The van der Waals surface area contributed by atoms with Gasteiger partial charge in [0.15, 0.2) is 0 Å². The maximum Gasteiger partial charge on any atom is 0.133 e. The minimum absolute atomic E-state index is 0.701. The van der Waals surface area contributed by atoms with Crippen LogP contribution in [0.15, 0.2) is 18.5 Å². The highest BCUT2D eigenvalue weighted by atomic mass is 15.3. The Balaban J connectivity index is 2.40. The van der Waals surface area contributed by atoms with Crippen LogP contribution in [-0.2, 0) is 13.6 Å². The van der Waals surface area contributed by atoms with Gasteiger partial charge in [-0.2, -0.15) is 10.2 Å². The third-order valence-corrected chi connectivity index (χ3v) is 2.31. The van der Waals surface area contributed by atoms with Gasteiger partial charge in [0.2, 0.25) is 0 Å². The van der Waals surface area contributed by atoms with Crippen LogP contribution in [0.4, 0.5) is 5.69 Å². The van der Waals surface area contributed by atoms with E-state index in [2.05, 4.69) is 17.1 Å². The molecule has 2 heterocycles. The number of rotatable bonds is 3. The van der Waals surface area contributed by atoms with Crippen LogP contribution in [-0.4, -0.2) is 19.6 Å². The highest BCUT2D eigenvalue weighted by Gasteiger charge is 2.11. The van der Waals surface area contributed by atoms with Crippen LogP contribution in [0.2, 0.25) is 0 Å². The standard InChI is InChI=1S/C10H15N5/c1-3-6-15-7-8(11)10(13-15)9-4-5-12-14(9)2/h4-5,7H,3,6,11H2,1-2H3. The third-order valence-electron chi connectivity index (χ3n) is 2.31. The second-order valence-corrected chi connectivity index (χ2v) is 3.54. The molecule has 0 saturated heterocycles. The van der Waals surface area contributed by atoms with Crippen LogP contribution in [0, 0.1) is 0 Å². The van der Waals surface area contributed by atoms with Gasteiger partial charge in [0.1, 0.15) is 5.69 Å². The third kappa shape index (κ3) is 1.72. The Labute approximate surface area is 88.5 Å². The Morgan fingerprint density at radius 1 is 1.47 bits per heavy atom. The molecule has 2 aromatic heterocycles. The summed E-state index contributed by atoms with van der Waals surface area (Å²) in [4.78, 5) is 0. The van der Waals surface area contributed by atoms with Gasteiger partial charge in [0.05, 0.1) is 11.4 Å². The molecule has 0 aliphatic heterocycles. The van der Waals surface area contributed by atoms with E-state index >= 15 is 0 Å². The highest BCUT2D eigenvalue weighted by Crippen LogP contribution is 2.22. The molecule has 0 spiro atoms. The monoisotopic (exact) mass is 205 g/mol. The number of hydrogen-bond donors (Lipinski definition) is 1. The molecule has 15 heavy (non-hydrogen) atoms. The van der Waals surface area contributed by atoms with E-state index in [0.717, 1.165) is 24.4 Å². The van der Waals surface area contributed by atoms with Crippen LogP contribution in [0.3, 0.4) is 0 Å². The molecule has 2 N–H and O–H groups in total. The van der Waals surface area contributed by atoms with E-state index in [1.54, 1.807) is 10.9 Å². The van der Waals surface area contributed by atoms with Crippen molar-refractivity contribution in [2.24, 2.45) is 7.05 Å². The molecule has 0 amide bonds. The summed E-state index contributed by atoms with van der Waals surface area (Å²) in [6, 6.07) is 1.91. The summed E-state index contributed by atoms with van der Waals surface area (Å²) in [6.45, 7) is 3.00. The van der Waals surface area contributed by atoms with Gasteiger partial charge < -0.3 is 5.73 Å². The first-order chi connectivity index (χ1) is 7.22. The van der Waals surface area contributed by atoms with Crippen molar-refractivity contribution < 1.29 is 0 Å². The van der Waals surface area contributed by atoms with Crippen molar-refractivity contribution in [1.82, 2.24) is 19.6 Å². The zero-order valence-corrected chi connectivity index (χ0v) is 9.01. The Hall–Kier alpha value is -1.78. The average molecular weight is 205 g/mol. The van der Waals surface area contributed by atoms with Crippen LogP contribution >= 0.6 is 0 Å². The zero-order chi connectivity index (χ0) is 10.8. The van der Waals surface area contributed by atoms with Crippen LogP contribution < -0.4 is 5.73 Å².